The number of rotatable bonds is 6. The Balaban J connectivity index is 0.991. The summed E-state index contributed by atoms with van der Waals surface area (Å²) in [5.74, 6) is 1.52. The molecule has 9 heteroatoms. The number of amides is 1. The van der Waals surface area contributed by atoms with Gasteiger partial charge >= 0.3 is 0 Å². The van der Waals surface area contributed by atoms with Gasteiger partial charge in [-0.15, -0.1) is 11.3 Å². The molecule has 8 nitrogen and oxygen atoms in total. The van der Waals surface area contributed by atoms with Crippen LogP contribution in [0.3, 0.4) is 0 Å². The number of aromatic nitrogens is 2. The summed E-state index contributed by atoms with van der Waals surface area (Å²) in [7, 11) is 0. The van der Waals surface area contributed by atoms with Gasteiger partial charge in [0.15, 0.2) is 5.82 Å². The first-order chi connectivity index (χ1) is 18.2. The van der Waals surface area contributed by atoms with E-state index in [1.54, 1.807) is 12.4 Å². The normalized spacial score (nSPS) is 21.0. The molecule has 0 bridgehead atoms. The second kappa shape index (κ2) is 11.2. The molecule has 3 aliphatic heterocycles. The number of carbonyl (C=O) groups is 1. The highest BCUT2D eigenvalue weighted by atomic mass is 32.1. The predicted octanol–water partition coefficient (Wildman–Crippen LogP) is 3.18. The van der Waals surface area contributed by atoms with Crippen LogP contribution >= 0.6 is 11.3 Å². The van der Waals surface area contributed by atoms with E-state index in [1.807, 2.05) is 22.3 Å². The van der Waals surface area contributed by atoms with Gasteiger partial charge in [0.05, 0.1) is 25.4 Å². The van der Waals surface area contributed by atoms with Gasteiger partial charge in [0.1, 0.15) is 0 Å². The molecule has 0 radical (unpaired) electrons. The van der Waals surface area contributed by atoms with Crippen molar-refractivity contribution in [3.63, 3.8) is 0 Å². The molecular weight excluding hydrogens is 484 g/mol. The van der Waals surface area contributed by atoms with Gasteiger partial charge < -0.3 is 19.4 Å². The van der Waals surface area contributed by atoms with E-state index in [1.165, 1.54) is 16.3 Å². The Morgan fingerprint density at radius 2 is 1.68 bits per heavy atom. The SMILES string of the molecule is O=C(CN1CC[C@H](c2sccc2N2CCOCC2)C1)N1CCN(c2ccc(-c3ncccn3)cc2)CC1. The first-order valence-electron chi connectivity index (χ1n) is 13.3. The molecule has 1 amide bonds. The summed E-state index contributed by atoms with van der Waals surface area (Å²) < 4.78 is 5.54. The van der Waals surface area contributed by atoms with E-state index < -0.39 is 0 Å². The minimum Gasteiger partial charge on any atom is -0.378 e. The smallest absolute Gasteiger partial charge is 0.236 e. The van der Waals surface area contributed by atoms with E-state index in [9.17, 15) is 4.79 Å². The van der Waals surface area contributed by atoms with Crippen LogP contribution in [0.4, 0.5) is 11.4 Å². The molecular formula is C28H34N6O2S. The van der Waals surface area contributed by atoms with Crippen molar-refractivity contribution in [1.29, 1.82) is 0 Å². The minimum atomic E-state index is 0.261. The zero-order valence-corrected chi connectivity index (χ0v) is 22.0. The van der Waals surface area contributed by atoms with Crippen molar-refractivity contribution in [3.05, 3.63) is 59.0 Å². The third kappa shape index (κ3) is 5.49. The summed E-state index contributed by atoms with van der Waals surface area (Å²) in [6, 6.07) is 12.5. The number of ether oxygens (including phenoxy) is 1. The molecule has 0 spiro atoms. The highest BCUT2D eigenvalue weighted by Gasteiger charge is 2.31. The molecule has 1 aromatic carbocycles. The fraction of sp³-hybridized carbons (Fsp3) is 0.464. The molecule has 0 saturated carbocycles. The lowest BCUT2D eigenvalue weighted by Crippen LogP contribution is -2.51. The molecule has 5 heterocycles. The number of hydrogen-bond donors (Lipinski definition) is 0. The van der Waals surface area contributed by atoms with Gasteiger partial charge in [-0.1, -0.05) is 0 Å². The summed E-state index contributed by atoms with van der Waals surface area (Å²) >= 11 is 1.87. The van der Waals surface area contributed by atoms with Crippen LogP contribution in [0.2, 0.25) is 0 Å². The fourth-order valence-corrected chi connectivity index (χ4v) is 6.70. The number of piperazine rings is 1. The van der Waals surface area contributed by atoms with Crippen LogP contribution in [0, 0.1) is 0 Å². The average Bonchev–Trinajstić information content (AvgIpc) is 3.64. The molecule has 6 rings (SSSR count). The molecule has 1 atom stereocenters. The van der Waals surface area contributed by atoms with Gasteiger partial charge in [0, 0.05) is 80.3 Å². The summed E-state index contributed by atoms with van der Waals surface area (Å²) in [5.41, 5.74) is 3.58. The molecule has 3 fully saturated rings. The minimum absolute atomic E-state index is 0.261. The van der Waals surface area contributed by atoms with Gasteiger partial charge in [0.2, 0.25) is 5.91 Å². The zero-order valence-electron chi connectivity index (χ0n) is 21.2. The van der Waals surface area contributed by atoms with Crippen molar-refractivity contribution < 1.29 is 9.53 Å². The van der Waals surface area contributed by atoms with Gasteiger partial charge in [-0.2, -0.15) is 0 Å². The maximum Gasteiger partial charge on any atom is 0.236 e. The Kier molecular flexibility index (Phi) is 7.34. The van der Waals surface area contributed by atoms with Crippen molar-refractivity contribution in [1.82, 2.24) is 19.8 Å². The first kappa shape index (κ1) is 24.3. The number of carbonyl (C=O) groups excluding carboxylic acids is 1. The van der Waals surface area contributed by atoms with Crippen molar-refractivity contribution in [2.75, 3.05) is 81.9 Å². The number of nitrogens with zero attached hydrogens (tertiary/aromatic N) is 6. The van der Waals surface area contributed by atoms with Crippen LogP contribution in [-0.2, 0) is 9.53 Å². The topological polar surface area (TPSA) is 65.0 Å². The van der Waals surface area contributed by atoms with Crippen LogP contribution in [0.5, 0.6) is 0 Å². The van der Waals surface area contributed by atoms with Gasteiger partial charge in [0.25, 0.3) is 0 Å². The average molecular weight is 519 g/mol. The Morgan fingerprint density at radius 3 is 2.43 bits per heavy atom. The van der Waals surface area contributed by atoms with Crippen molar-refractivity contribution in [2.45, 2.75) is 12.3 Å². The second-order valence-electron chi connectivity index (χ2n) is 9.98. The monoisotopic (exact) mass is 518 g/mol. The van der Waals surface area contributed by atoms with Crippen molar-refractivity contribution in [3.8, 4) is 11.4 Å². The lowest BCUT2D eigenvalue weighted by molar-refractivity contribution is -0.132. The number of morpholine rings is 1. The Hall–Kier alpha value is -3.01. The first-order valence-corrected chi connectivity index (χ1v) is 14.2. The lowest BCUT2D eigenvalue weighted by atomic mass is 10.1. The number of hydrogen-bond acceptors (Lipinski definition) is 8. The summed E-state index contributed by atoms with van der Waals surface area (Å²) in [6.45, 7) is 9.30. The summed E-state index contributed by atoms with van der Waals surface area (Å²) in [6.07, 6.45) is 4.66. The van der Waals surface area contributed by atoms with E-state index in [2.05, 4.69) is 60.4 Å². The van der Waals surface area contributed by atoms with E-state index in [-0.39, 0.29) is 5.91 Å². The van der Waals surface area contributed by atoms with E-state index >= 15 is 0 Å². The molecule has 3 aromatic rings. The maximum absolute atomic E-state index is 13.1. The largest absolute Gasteiger partial charge is 0.378 e. The molecule has 0 N–H and O–H groups in total. The number of benzene rings is 1. The third-order valence-corrected chi connectivity index (χ3v) is 8.78. The van der Waals surface area contributed by atoms with Crippen LogP contribution in [0.15, 0.2) is 54.2 Å². The Bertz CT molecular complexity index is 1170. The standard InChI is InChI=1S/C28H34N6O2S/c35-26(21-31-10-6-23(20-31)27-25(7-19-37-27)33-15-17-36-18-16-33)34-13-11-32(12-14-34)24-4-2-22(3-5-24)28-29-8-1-9-30-28/h1-5,7-9,19,23H,6,10-18,20-21H2/t23-/m0/s1. The van der Waals surface area contributed by atoms with Crippen LogP contribution in [0.25, 0.3) is 11.4 Å². The van der Waals surface area contributed by atoms with Gasteiger partial charge in [-0.3, -0.25) is 9.69 Å². The molecule has 194 valence electrons. The third-order valence-electron chi connectivity index (χ3n) is 7.72. The number of likely N-dealkylation sites (tertiary alicyclic amines) is 1. The van der Waals surface area contributed by atoms with Crippen molar-refractivity contribution >= 4 is 28.6 Å². The number of anilines is 2. The lowest BCUT2D eigenvalue weighted by Gasteiger charge is -2.36. The van der Waals surface area contributed by atoms with E-state index in [0.29, 0.717) is 12.5 Å². The zero-order chi connectivity index (χ0) is 25.0. The summed E-state index contributed by atoms with van der Waals surface area (Å²) in [4.78, 5) is 32.5. The molecule has 0 unspecified atom stereocenters. The van der Waals surface area contributed by atoms with E-state index in [4.69, 9.17) is 4.74 Å². The Labute approximate surface area is 222 Å². The van der Waals surface area contributed by atoms with Crippen LogP contribution < -0.4 is 9.80 Å². The molecule has 2 aromatic heterocycles. The highest BCUT2D eigenvalue weighted by molar-refractivity contribution is 7.10. The Morgan fingerprint density at radius 1 is 0.919 bits per heavy atom. The molecule has 0 aliphatic carbocycles. The van der Waals surface area contributed by atoms with Gasteiger partial charge in [-0.25, -0.2) is 9.97 Å². The highest BCUT2D eigenvalue weighted by Crippen LogP contribution is 2.38. The quantitative estimate of drug-likeness (QED) is 0.497. The van der Waals surface area contributed by atoms with Gasteiger partial charge in [-0.05, 0) is 54.7 Å². The van der Waals surface area contributed by atoms with Crippen molar-refractivity contribution in [2.24, 2.45) is 0 Å². The number of thiophene rings is 1. The molecule has 37 heavy (non-hydrogen) atoms. The molecule has 3 aliphatic rings. The fourth-order valence-electron chi connectivity index (χ4n) is 5.65. The molecule has 3 saturated heterocycles. The van der Waals surface area contributed by atoms with E-state index in [0.717, 1.165) is 83.4 Å². The second-order valence-corrected chi connectivity index (χ2v) is 10.9. The van der Waals surface area contributed by atoms with Crippen LogP contribution in [0.1, 0.15) is 17.2 Å². The van der Waals surface area contributed by atoms with Crippen LogP contribution in [-0.4, -0.2) is 97.8 Å². The summed E-state index contributed by atoms with van der Waals surface area (Å²) in [5, 5.41) is 2.22. The maximum atomic E-state index is 13.1. The predicted molar refractivity (Wildman–Crippen MR) is 147 cm³/mol.